The number of esters is 1. The standard InChI is InChI=1S/C9H7Br2ClO2/c1-2-14-9(13)6-3-5(12)4-7(10)8(6)11/h3-4H,2H2,1H3. The summed E-state index contributed by atoms with van der Waals surface area (Å²) in [5, 5.41) is 0.489. The molecule has 14 heavy (non-hydrogen) atoms. The molecule has 0 aromatic heterocycles. The van der Waals surface area contributed by atoms with Crippen LogP contribution in [0.2, 0.25) is 5.02 Å². The molecule has 0 amide bonds. The second-order valence-corrected chi connectivity index (χ2v) is 4.55. The lowest BCUT2D eigenvalue weighted by molar-refractivity contribution is 0.0525. The van der Waals surface area contributed by atoms with E-state index in [0.717, 1.165) is 4.47 Å². The molecule has 0 atom stereocenters. The van der Waals surface area contributed by atoms with Crippen molar-refractivity contribution in [2.75, 3.05) is 6.61 Å². The van der Waals surface area contributed by atoms with Crippen LogP contribution in [0.1, 0.15) is 17.3 Å². The van der Waals surface area contributed by atoms with Gasteiger partial charge in [-0.2, -0.15) is 0 Å². The van der Waals surface area contributed by atoms with Gasteiger partial charge < -0.3 is 4.74 Å². The van der Waals surface area contributed by atoms with E-state index in [2.05, 4.69) is 31.9 Å². The molecule has 0 aliphatic rings. The lowest BCUT2D eigenvalue weighted by atomic mass is 10.2. The quantitative estimate of drug-likeness (QED) is 0.599. The molecular weight excluding hydrogens is 335 g/mol. The third kappa shape index (κ3) is 2.72. The minimum Gasteiger partial charge on any atom is -0.462 e. The minimum atomic E-state index is -0.387. The van der Waals surface area contributed by atoms with Gasteiger partial charge in [-0.25, -0.2) is 4.79 Å². The molecule has 0 unspecified atom stereocenters. The molecule has 1 aromatic carbocycles. The zero-order chi connectivity index (χ0) is 10.7. The van der Waals surface area contributed by atoms with Crippen LogP contribution in [0.25, 0.3) is 0 Å². The average Bonchev–Trinajstić information content (AvgIpc) is 2.11. The predicted octanol–water partition coefficient (Wildman–Crippen LogP) is 4.04. The summed E-state index contributed by atoms with van der Waals surface area (Å²) < 4.78 is 6.25. The van der Waals surface area contributed by atoms with Crippen molar-refractivity contribution < 1.29 is 9.53 Å². The molecule has 0 fully saturated rings. The molecular formula is C9H7Br2ClO2. The highest BCUT2D eigenvalue weighted by molar-refractivity contribution is 9.13. The Morgan fingerprint density at radius 2 is 2.14 bits per heavy atom. The highest BCUT2D eigenvalue weighted by Crippen LogP contribution is 2.30. The maximum atomic E-state index is 11.4. The minimum absolute atomic E-state index is 0.343. The summed E-state index contributed by atoms with van der Waals surface area (Å²) in [7, 11) is 0. The van der Waals surface area contributed by atoms with Crippen LogP contribution in [-0.2, 0) is 4.74 Å². The van der Waals surface area contributed by atoms with E-state index in [-0.39, 0.29) is 5.97 Å². The van der Waals surface area contributed by atoms with Gasteiger partial charge in [0.15, 0.2) is 0 Å². The first-order valence-electron chi connectivity index (χ1n) is 3.88. The van der Waals surface area contributed by atoms with Crippen LogP contribution in [0.4, 0.5) is 0 Å². The third-order valence-electron chi connectivity index (χ3n) is 1.49. The molecule has 0 saturated heterocycles. The second-order valence-electron chi connectivity index (χ2n) is 2.47. The van der Waals surface area contributed by atoms with Gasteiger partial charge in [0, 0.05) is 14.0 Å². The molecule has 0 spiro atoms. The predicted molar refractivity (Wildman–Crippen MR) is 62.8 cm³/mol. The first-order chi connectivity index (χ1) is 6.56. The van der Waals surface area contributed by atoms with Crippen molar-refractivity contribution >= 4 is 49.4 Å². The van der Waals surface area contributed by atoms with Crippen molar-refractivity contribution in [3.63, 3.8) is 0 Å². The summed E-state index contributed by atoms with van der Waals surface area (Å²) in [5.74, 6) is -0.387. The zero-order valence-electron chi connectivity index (χ0n) is 7.31. The number of carbonyl (C=O) groups excluding carboxylic acids is 1. The molecule has 76 valence electrons. The van der Waals surface area contributed by atoms with Gasteiger partial charge in [-0.1, -0.05) is 11.6 Å². The Kier molecular flexibility index (Phi) is 4.41. The van der Waals surface area contributed by atoms with Gasteiger partial charge >= 0.3 is 5.97 Å². The summed E-state index contributed by atoms with van der Waals surface area (Å²) in [6.07, 6.45) is 0. The van der Waals surface area contributed by atoms with E-state index in [9.17, 15) is 4.79 Å². The summed E-state index contributed by atoms with van der Waals surface area (Å²) in [4.78, 5) is 11.4. The van der Waals surface area contributed by atoms with Crippen molar-refractivity contribution in [1.29, 1.82) is 0 Å². The van der Waals surface area contributed by atoms with Gasteiger partial charge in [-0.05, 0) is 50.9 Å². The molecule has 0 heterocycles. The average molecular weight is 342 g/mol. The van der Waals surface area contributed by atoms with Crippen LogP contribution in [0, 0.1) is 0 Å². The number of hydrogen-bond donors (Lipinski definition) is 0. The summed E-state index contributed by atoms with van der Waals surface area (Å²) >= 11 is 12.4. The van der Waals surface area contributed by atoms with E-state index in [1.165, 1.54) is 0 Å². The molecule has 0 N–H and O–H groups in total. The van der Waals surface area contributed by atoms with Gasteiger partial charge in [0.25, 0.3) is 0 Å². The van der Waals surface area contributed by atoms with E-state index in [4.69, 9.17) is 16.3 Å². The first-order valence-corrected chi connectivity index (χ1v) is 5.84. The number of rotatable bonds is 2. The summed E-state index contributed by atoms with van der Waals surface area (Å²) in [6, 6.07) is 3.27. The maximum Gasteiger partial charge on any atom is 0.339 e. The van der Waals surface area contributed by atoms with Gasteiger partial charge in [0.05, 0.1) is 12.2 Å². The van der Waals surface area contributed by atoms with Crippen LogP contribution in [0.15, 0.2) is 21.1 Å². The molecule has 5 heteroatoms. The Labute approximate surface area is 104 Å². The van der Waals surface area contributed by atoms with Crippen LogP contribution < -0.4 is 0 Å². The molecule has 0 bridgehead atoms. The largest absolute Gasteiger partial charge is 0.462 e. The molecule has 0 aliphatic carbocycles. The van der Waals surface area contributed by atoms with Crippen molar-refractivity contribution in [2.24, 2.45) is 0 Å². The Hall–Kier alpha value is -0.0600. The molecule has 1 aromatic rings. The van der Waals surface area contributed by atoms with Crippen LogP contribution in [-0.4, -0.2) is 12.6 Å². The van der Waals surface area contributed by atoms with Crippen molar-refractivity contribution in [3.05, 3.63) is 31.7 Å². The van der Waals surface area contributed by atoms with Gasteiger partial charge in [-0.15, -0.1) is 0 Å². The van der Waals surface area contributed by atoms with Crippen LogP contribution in [0.3, 0.4) is 0 Å². The third-order valence-corrected chi connectivity index (χ3v) is 3.72. The normalized spacial score (nSPS) is 10.0. The highest BCUT2D eigenvalue weighted by Gasteiger charge is 2.14. The fraction of sp³-hybridized carbons (Fsp3) is 0.222. The van der Waals surface area contributed by atoms with Crippen molar-refractivity contribution in [1.82, 2.24) is 0 Å². The molecule has 1 rings (SSSR count). The Bertz CT molecular complexity index is 366. The van der Waals surface area contributed by atoms with E-state index in [1.807, 2.05) is 0 Å². The molecule has 2 nitrogen and oxygen atoms in total. The number of carbonyl (C=O) groups is 1. The Balaban J connectivity index is 3.13. The zero-order valence-corrected chi connectivity index (χ0v) is 11.2. The van der Waals surface area contributed by atoms with E-state index in [1.54, 1.807) is 19.1 Å². The lowest BCUT2D eigenvalue weighted by Crippen LogP contribution is -2.05. The number of halogens is 3. The van der Waals surface area contributed by atoms with Crippen LogP contribution >= 0.6 is 43.5 Å². The van der Waals surface area contributed by atoms with E-state index in [0.29, 0.717) is 21.7 Å². The molecule has 0 saturated carbocycles. The molecule has 0 radical (unpaired) electrons. The topological polar surface area (TPSA) is 26.3 Å². The first kappa shape index (κ1) is 12.0. The van der Waals surface area contributed by atoms with E-state index >= 15 is 0 Å². The Morgan fingerprint density at radius 3 is 2.71 bits per heavy atom. The number of hydrogen-bond acceptors (Lipinski definition) is 2. The lowest BCUT2D eigenvalue weighted by Gasteiger charge is -2.06. The highest BCUT2D eigenvalue weighted by atomic mass is 79.9. The van der Waals surface area contributed by atoms with Gasteiger partial charge in [0.1, 0.15) is 0 Å². The maximum absolute atomic E-state index is 11.4. The smallest absolute Gasteiger partial charge is 0.339 e. The fourth-order valence-corrected chi connectivity index (χ4v) is 2.11. The second kappa shape index (κ2) is 5.14. The SMILES string of the molecule is CCOC(=O)c1cc(Cl)cc(Br)c1Br. The Morgan fingerprint density at radius 1 is 1.50 bits per heavy atom. The van der Waals surface area contributed by atoms with Crippen molar-refractivity contribution in [2.45, 2.75) is 6.92 Å². The number of ether oxygens (including phenoxy) is 1. The summed E-state index contributed by atoms with van der Waals surface area (Å²) in [5.41, 5.74) is 0.422. The van der Waals surface area contributed by atoms with Gasteiger partial charge in [0.2, 0.25) is 0 Å². The summed E-state index contributed by atoms with van der Waals surface area (Å²) in [6.45, 7) is 2.10. The number of benzene rings is 1. The van der Waals surface area contributed by atoms with Crippen LogP contribution in [0.5, 0.6) is 0 Å². The molecule has 0 aliphatic heterocycles. The monoisotopic (exact) mass is 340 g/mol. The fourth-order valence-electron chi connectivity index (χ4n) is 0.913. The van der Waals surface area contributed by atoms with Crippen molar-refractivity contribution in [3.8, 4) is 0 Å². The van der Waals surface area contributed by atoms with E-state index < -0.39 is 0 Å². The van der Waals surface area contributed by atoms with Gasteiger partial charge in [-0.3, -0.25) is 0 Å².